The highest BCUT2D eigenvalue weighted by Gasteiger charge is 2.09. The fraction of sp³-hybridized carbons (Fsp3) is 0.250. The first-order chi connectivity index (χ1) is 13.1. The van der Waals surface area contributed by atoms with E-state index in [1.54, 1.807) is 22.7 Å². The zero-order chi connectivity index (χ0) is 18.8. The van der Waals surface area contributed by atoms with Gasteiger partial charge in [0, 0.05) is 12.6 Å². The van der Waals surface area contributed by atoms with Crippen molar-refractivity contribution in [3.05, 3.63) is 42.0 Å². The molecule has 0 unspecified atom stereocenters. The Hall–Kier alpha value is -2.51. The Balaban J connectivity index is 1.56. The summed E-state index contributed by atoms with van der Waals surface area (Å²) >= 11 is 3.20. The lowest BCUT2D eigenvalue weighted by Gasteiger charge is -1.99. The lowest BCUT2D eigenvalue weighted by atomic mass is 10.1. The third-order valence-electron chi connectivity index (χ3n) is 4.19. The molecule has 7 heteroatoms. The highest BCUT2D eigenvalue weighted by atomic mass is 32.1. The van der Waals surface area contributed by atoms with E-state index >= 15 is 0 Å². The van der Waals surface area contributed by atoms with Gasteiger partial charge in [0.15, 0.2) is 10.3 Å². The van der Waals surface area contributed by atoms with Crippen molar-refractivity contribution in [2.75, 3.05) is 10.6 Å². The number of carbonyl (C=O) groups excluding carboxylic acids is 1. The number of aromatic nitrogens is 2. The molecule has 0 saturated heterocycles. The Bertz CT molecular complexity index is 1120. The molecule has 0 fully saturated rings. The maximum atomic E-state index is 11.2. The third-order valence-corrected chi connectivity index (χ3v) is 6.06. The van der Waals surface area contributed by atoms with Crippen molar-refractivity contribution in [3.8, 4) is 0 Å². The molecule has 4 aromatic rings. The van der Waals surface area contributed by atoms with Gasteiger partial charge in [-0.25, -0.2) is 9.97 Å². The molecule has 0 bridgehead atoms. The number of hydrogen-bond acceptors (Lipinski definition) is 6. The molecule has 2 aromatic carbocycles. The smallest absolute Gasteiger partial charge is 0.221 e. The molecule has 0 spiro atoms. The van der Waals surface area contributed by atoms with Crippen molar-refractivity contribution < 1.29 is 4.79 Å². The van der Waals surface area contributed by atoms with Crippen LogP contribution in [0.25, 0.3) is 20.4 Å². The molecule has 0 aliphatic carbocycles. The molecule has 0 aliphatic heterocycles. The van der Waals surface area contributed by atoms with Gasteiger partial charge in [-0.3, -0.25) is 4.79 Å². The summed E-state index contributed by atoms with van der Waals surface area (Å²) < 4.78 is 2.21. The predicted molar refractivity (Wildman–Crippen MR) is 115 cm³/mol. The van der Waals surface area contributed by atoms with Crippen LogP contribution in [0.15, 0.2) is 36.4 Å². The Kier molecular flexibility index (Phi) is 5.05. The molecule has 2 heterocycles. The molecule has 0 atom stereocenters. The van der Waals surface area contributed by atoms with Crippen molar-refractivity contribution in [2.45, 2.75) is 33.1 Å². The predicted octanol–water partition coefficient (Wildman–Crippen LogP) is 5.95. The summed E-state index contributed by atoms with van der Waals surface area (Å²) in [5, 5.41) is 7.78. The fourth-order valence-electron chi connectivity index (χ4n) is 2.91. The maximum absolute atomic E-state index is 11.2. The molecule has 4 rings (SSSR count). The minimum atomic E-state index is -0.0787. The van der Waals surface area contributed by atoms with Gasteiger partial charge in [0.2, 0.25) is 5.91 Å². The number of rotatable bonds is 6. The molecule has 0 radical (unpaired) electrons. The van der Waals surface area contributed by atoms with E-state index in [0.29, 0.717) is 0 Å². The monoisotopic (exact) mass is 396 g/mol. The van der Waals surface area contributed by atoms with E-state index in [2.05, 4.69) is 45.7 Å². The van der Waals surface area contributed by atoms with Crippen molar-refractivity contribution in [1.82, 2.24) is 9.97 Å². The number of aryl methyl sites for hydroxylation is 1. The molecule has 1 amide bonds. The van der Waals surface area contributed by atoms with Crippen LogP contribution >= 0.6 is 22.7 Å². The van der Waals surface area contributed by atoms with E-state index in [1.807, 2.05) is 18.2 Å². The Morgan fingerprint density at radius 1 is 1.00 bits per heavy atom. The van der Waals surface area contributed by atoms with Crippen LogP contribution in [0.2, 0.25) is 0 Å². The summed E-state index contributed by atoms with van der Waals surface area (Å²) in [5.74, 6) is -0.0787. The lowest BCUT2D eigenvalue weighted by molar-refractivity contribution is -0.114. The van der Waals surface area contributed by atoms with E-state index in [-0.39, 0.29) is 5.91 Å². The van der Waals surface area contributed by atoms with Crippen LogP contribution in [0.4, 0.5) is 16.0 Å². The molecular weight excluding hydrogens is 376 g/mol. The second-order valence-electron chi connectivity index (χ2n) is 6.43. The third kappa shape index (κ3) is 4.09. The number of nitrogens with zero attached hydrogens (tertiary/aromatic N) is 2. The summed E-state index contributed by atoms with van der Waals surface area (Å²) in [5.41, 5.74) is 4.06. The van der Waals surface area contributed by atoms with Gasteiger partial charge in [0.05, 0.1) is 20.4 Å². The summed E-state index contributed by atoms with van der Waals surface area (Å²) in [6.45, 7) is 3.72. The number of anilines is 3. The Labute approximate surface area is 165 Å². The van der Waals surface area contributed by atoms with Crippen LogP contribution in [-0.4, -0.2) is 15.9 Å². The van der Waals surface area contributed by atoms with Crippen LogP contribution in [0, 0.1) is 0 Å². The van der Waals surface area contributed by atoms with Gasteiger partial charge in [-0.1, -0.05) is 42.1 Å². The molecule has 2 N–H and O–H groups in total. The highest BCUT2D eigenvalue weighted by molar-refractivity contribution is 7.24. The maximum Gasteiger partial charge on any atom is 0.221 e. The van der Waals surface area contributed by atoms with E-state index in [9.17, 15) is 4.79 Å². The van der Waals surface area contributed by atoms with E-state index in [4.69, 9.17) is 0 Å². The first-order valence-corrected chi connectivity index (χ1v) is 10.6. The summed E-state index contributed by atoms with van der Waals surface area (Å²) in [6.07, 6.45) is 3.53. The Morgan fingerprint density at radius 3 is 2.33 bits per heavy atom. The lowest BCUT2D eigenvalue weighted by Crippen LogP contribution is -2.05. The number of unbranched alkanes of at least 4 members (excludes halogenated alkanes) is 1. The molecule has 2 aromatic heterocycles. The van der Waals surface area contributed by atoms with Gasteiger partial charge in [-0.2, -0.15) is 0 Å². The number of thiazole rings is 2. The molecule has 27 heavy (non-hydrogen) atoms. The second-order valence-corrected chi connectivity index (χ2v) is 8.49. The summed E-state index contributed by atoms with van der Waals surface area (Å²) in [7, 11) is 0. The van der Waals surface area contributed by atoms with Crippen LogP contribution in [0.1, 0.15) is 32.3 Å². The average molecular weight is 397 g/mol. The van der Waals surface area contributed by atoms with Crippen molar-refractivity contribution in [2.24, 2.45) is 0 Å². The van der Waals surface area contributed by atoms with Crippen LogP contribution in [0.3, 0.4) is 0 Å². The molecule has 138 valence electrons. The zero-order valence-corrected chi connectivity index (χ0v) is 16.8. The van der Waals surface area contributed by atoms with Gasteiger partial charge >= 0.3 is 0 Å². The highest BCUT2D eigenvalue weighted by Crippen LogP contribution is 2.33. The van der Waals surface area contributed by atoms with Crippen LogP contribution in [0.5, 0.6) is 0 Å². The number of nitrogens with one attached hydrogen (secondary N) is 2. The summed E-state index contributed by atoms with van der Waals surface area (Å²) in [6, 6.07) is 12.2. The van der Waals surface area contributed by atoms with Gasteiger partial charge < -0.3 is 10.6 Å². The number of benzene rings is 2. The van der Waals surface area contributed by atoms with Crippen molar-refractivity contribution in [1.29, 1.82) is 0 Å². The SMILES string of the molecule is CCCCc1ccc2nc(Nc3nc4ccc(NC(C)=O)cc4s3)sc2c1. The number of carbonyl (C=O) groups is 1. The standard InChI is InChI=1S/C20H20N4OS2/c1-3-4-5-13-6-8-15-17(10-13)26-19(22-15)24-20-23-16-9-7-14(21-12(2)25)11-18(16)27-20/h6-11H,3-5H2,1-2H3,(H,21,25)(H,22,23,24). The minimum Gasteiger partial charge on any atom is -0.326 e. The fourth-order valence-corrected chi connectivity index (χ4v) is 4.81. The van der Waals surface area contributed by atoms with E-state index < -0.39 is 0 Å². The van der Waals surface area contributed by atoms with E-state index in [0.717, 1.165) is 38.1 Å². The quantitative estimate of drug-likeness (QED) is 0.422. The first-order valence-electron chi connectivity index (χ1n) is 8.95. The summed E-state index contributed by atoms with van der Waals surface area (Å²) in [4.78, 5) is 20.5. The van der Waals surface area contributed by atoms with E-state index in [1.165, 1.54) is 30.0 Å². The largest absolute Gasteiger partial charge is 0.326 e. The Morgan fingerprint density at radius 2 is 1.67 bits per heavy atom. The molecule has 0 aliphatic rings. The normalized spacial score (nSPS) is 11.2. The minimum absolute atomic E-state index is 0.0787. The zero-order valence-electron chi connectivity index (χ0n) is 15.2. The molecular formula is C20H20N4OS2. The average Bonchev–Trinajstić information content (AvgIpc) is 3.21. The number of amides is 1. The van der Waals surface area contributed by atoms with Gasteiger partial charge in [0.1, 0.15) is 0 Å². The molecule has 5 nitrogen and oxygen atoms in total. The topological polar surface area (TPSA) is 66.9 Å². The number of fused-ring (bicyclic) bond motifs is 2. The van der Waals surface area contributed by atoms with Gasteiger partial charge in [-0.15, -0.1) is 0 Å². The van der Waals surface area contributed by atoms with Crippen molar-refractivity contribution in [3.63, 3.8) is 0 Å². The van der Waals surface area contributed by atoms with Crippen LogP contribution in [-0.2, 0) is 11.2 Å². The van der Waals surface area contributed by atoms with Gasteiger partial charge in [0.25, 0.3) is 0 Å². The van der Waals surface area contributed by atoms with Crippen LogP contribution < -0.4 is 10.6 Å². The van der Waals surface area contributed by atoms with Gasteiger partial charge in [-0.05, 0) is 48.7 Å². The molecule has 0 saturated carbocycles. The van der Waals surface area contributed by atoms with Crippen molar-refractivity contribution >= 4 is 65.0 Å². The second kappa shape index (κ2) is 7.62. The number of hydrogen-bond donors (Lipinski definition) is 2. The first kappa shape index (κ1) is 17.9.